The molecule has 0 aliphatic carbocycles. The van der Waals surface area contributed by atoms with E-state index in [-0.39, 0.29) is 18.4 Å². The Labute approximate surface area is 205 Å². The Kier molecular flexibility index (Phi) is 7.53. The van der Waals surface area contributed by atoms with Gasteiger partial charge in [0.25, 0.3) is 11.8 Å². The SMILES string of the molecule is Cc1ccc(NC(=O)COc2ccccc2C(=O)Nc2ccc(Cc3ccncc3)cc2)c(C)c1. The highest BCUT2D eigenvalue weighted by Crippen LogP contribution is 2.21. The molecule has 0 saturated heterocycles. The lowest BCUT2D eigenvalue weighted by Gasteiger charge is -2.13. The number of amides is 2. The molecule has 4 rings (SSSR count). The van der Waals surface area contributed by atoms with Crippen molar-refractivity contribution >= 4 is 23.2 Å². The van der Waals surface area contributed by atoms with E-state index in [1.54, 1.807) is 36.7 Å². The molecule has 0 unspecified atom stereocenters. The van der Waals surface area contributed by atoms with Crippen molar-refractivity contribution in [2.75, 3.05) is 17.2 Å². The number of aryl methyl sites for hydroxylation is 2. The van der Waals surface area contributed by atoms with E-state index in [2.05, 4.69) is 15.6 Å². The average Bonchev–Trinajstić information content (AvgIpc) is 2.86. The number of ether oxygens (including phenoxy) is 1. The number of pyridine rings is 1. The summed E-state index contributed by atoms with van der Waals surface area (Å²) in [6.45, 7) is 3.73. The van der Waals surface area contributed by atoms with Gasteiger partial charge in [0.15, 0.2) is 6.61 Å². The molecule has 0 aliphatic rings. The topological polar surface area (TPSA) is 80.3 Å². The molecule has 1 aromatic heterocycles. The number of benzene rings is 3. The van der Waals surface area contributed by atoms with Crippen LogP contribution in [0.2, 0.25) is 0 Å². The predicted octanol–water partition coefficient (Wildman–Crippen LogP) is 5.56. The van der Waals surface area contributed by atoms with Crippen LogP contribution in [0.5, 0.6) is 5.75 Å². The van der Waals surface area contributed by atoms with E-state index in [1.165, 1.54) is 5.56 Å². The molecule has 2 N–H and O–H groups in total. The number of carbonyl (C=O) groups is 2. The van der Waals surface area contributed by atoms with Crippen molar-refractivity contribution in [2.24, 2.45) is 0 Å². The second-order valence-corrected chi connectivity index (χ2v) is 8.33. The molecule has 0 radical (unpaired) electrons. The van der Waals surface area contributed by atoms with E-state index < -0.39 is 0 Å². The van der Waals surface area contributed by atoms with Crippen LogP contribution in [0.15, 0.2) is 91.3 Å². The smallest absolute Gasteiger partial charge is 0.262 e. The molecule has 0 atom stereocenters. The van der Waals surface area contributed by atoms with E-state index in [0.717, 1.165) is 28.8 Å². The summed E-state index contributed by atoms with van der Waals surface area (Å²) in [4.78, 5) is 29.4. The lowest BCUT2D eigenvalue weighted by molar-refractivity contribution is -0.118. The fraction of sp³-hybridized carbons (Fsp3) is 0.138. The molecule has 35 heavy (non-hydrogen) atoms. The number of carbonyl (C=O) groups excluding carboxylic acids is 2. The standard InChI is InChI=1S/C29H27N3O3/c1-20-7-12-26(21(2)17-20)32-28(33)19-35-27-6-4-3-5-25(27)29(34)31-24-10-8-22(9-11-24)18-23-13-15-30-16-14-23/h3-17H,18-19H2,1-2H3,(H,31,34)(H,32,33). The Balaban J connectivity index is 1.36. The molecular weight excluding hydrogens is 438 g/mol. The summed E-state index contributed by atoms with van der Waals surface area (Å²) in [5.41, 5.74) is 6.17. The maximum absolute atomic E-state index is 12.9. The van der Waals surface area contributed by atoms with Gasteiger partial charge in [0, 0.05) is 23.8 Å². The van der Waals surface area contributed by atoms with Crippen LogP contribution in [0.3, 0.4) is 0 Å². The van der Waals surface area contributed by atoms with Crippen LogP contribution in [-0.4, -0.2) is 23.4 Å². The minimum Gasteiger partial charge on any atom is -0.483 e. The summed E-state index contributed by atoms with van der Waals surface area (Å²) >= 11 is 0. The van der Waals surface area contributed by atoms with Gasteiger partial charge in [-0.3, -0.25) is 14.6 Å². The molecule has 176 valence electrons. The van der Waals surface area contributed by atoms with Crippen LogP contribution in [0.4, 0.5) is 11.4 Å². The van der Waals surface area contributed by atoms with Crippen molar-refractivity contribution in [3.05, 3.63) is 119 Å². The number of hydrogen-bond donors (Lipinski definition) is 2. The van der Waals surface area contributed by atoms with Crippen molar-refractivity contribution in [3.8, 4) is 5.75 Å². The van der Waals surface area contributed by atoms with Crippen molar-refractivity contribution < 1.29 is 14.3 Å². The molecule has 0 fully saturated rings. The van der Waals surface area contributed by atoms with Crippen molar-refractivity contribution in [3.63, 3.8) is 0 Å². The van der Waals surface area contributed by atoms with Crippen molar-refractivity contribution in [1.82, 2.24) is 4.98 Å². The van der Waals surface area contributed by atoms with Crippen LogP contribution >= 0.6 is 0 Å². The first kappa shape index (κ1) is 23.7. The maximum Gasteiger partial charge on any atom is 0.262 e. The van der Waals surface area contributed by atoms with Crippen LogP contribution in [-0.2, 0) is 11.2 Å². The maximum atomic E-state index is 12.9. The minimum atomic E-state index is -0.308. The highest BCUT2D eigenvalue weighted by molar-refractivity contribution is 6.06. The third-order valence-corrected chi connectivity index (χ3v) is 5.52. The Hall–Kier alpha value is -4.45. The third kappa shape index (κ3) is 6.54. The molecule has 0 saturated carbocycles. The summed E-state index contributed by atoms with van der Waals surface area (Å²) < 4.78 is 5.70. The quantitative estimate of drug-likeness (QED) is 0.357. The molecule has 6 nitrogen and oxygen atoms in total. The Morgan fingerprint density at radius 1 is 0.829 bits per heavy atom. The second-order valence-electron chi connectivity index (χ2n) is 8.33. The molecule has 2 amide bonds. The minimum absolute atomic E-state index is 0.207. The molecule has 0 aliphatic heterocycles. The molecule has 0 spiro atoms. The van der Waals surface area contributed by atoms with E-state index in [1.807, 2.05) is 68.4 Å². The first-order valence-corrected chi connectivity index (χ1v) is 11.4. The summed E-state index contributed by atoms with van der Waals surface area (Å²) in [6, 6.07) is 24.3. The molecule has 0 bridgehead atoms. The Morgan fingerprint density at radius 3 is 2.29 bits per heavy atom. The highest BCUT2D eigenvalue weighted by atomic mass is 16.5. The largest absolute Gasteiger partial charge is 0.483 e. The van der Waals surface area contributed by atoms with Gasteiger partial charge < -0.3 is 15.4 Å². The van der Waals surface area contributed by atoms with Crippen molar-refractivity contribution in [2.45, 2.75) is 20.3 Å². The van der Waals surface area contributed by atoms with Gasteiger partial charge in [-0.1, -0.05) is 42.0 Å². The molecular formula is C29H27N3O3. The van der Waals surface area contributed by atoms with Gasteiger partial charge in [-0.2, -0.15) is 0 Å². The number of para-hydroxylation sites is 1. The van der Waals surface area contributed by atoms with Crippen molar-refractivity contribution in [1.29, 1.82) is 0 Å². The number of nitrogens with one attached hydrogen (secondary N) is 2. The average molecular weight is 466 g/mol. The monoisotopic (exact) mass is 465 g/mol. The van der Waals surface area contributed by atoms with Gasteiger partial charge in [0.2, 0.25) is 0 Å². The van der Waals surface area contributed by atoms with Gasteiger partial charge >= 0.3 is 0 Å². The number of hydrogen-bond acceptors (Lipinski definition) is 4. The first-order valence-electron chi connectivity index (χ1n) is 11.4. The summed E-state index contributed by atoms with van der Waals surface area (Å²) in [6.07, 6.45) is 4.34. The molecule has 6 heteroatoms. The van der Waals surface area contributed by atoms with Gasteiger partial charge in [-0.15, -0.1) is 0 Å². The van der Waals surface area contributed by atoms with Gasteiger partial charge in [0.1, 0.15) is 5.75 Å². The van der Waals surface area contributed by atoms with E-state index >= 15 is 0 Å². The van der Waals surface area contributed by atoms with Crippen LogP contribution in [0.25, 0.3) is 0 Å². The van der Waals surface area contributed by atoms with E-state index in [0.29, 0.717) is 17.0 Å². The van der Waals surface area contributed by atoms with Crippen LogP contribution in [0, 0.1) is 13.8 Å². The highest BCUT2D eigenvalue weighted by Gasteiger charge is 2.14. The number of nitrogens with zero attached hydrogens (tertiary/aromatic N) is 1. The fourth-order valence-electron chi connectivity index (χ4n) is 3.70. The summed E-state index contributed by atoms with van der Waals surface area (Å²) in [5.74, 6) is -0.260. The number of rotatable bonds is 8. The Bertz CT molecular complexity index is 1320. The van der Waals surface area contributed by atoms with Gasteiger partial charge in [-0.25, -0.2) is 0 Å². The number of aromatic nitrogens is 1. The zero-order chi connectivity index (χ0) is 24.6. The summed E-state index contributed by atoms with van der Waals surface area (Å²) in [5, 5.41) is 5.75. The first-order chi connectivity index (χ1) is 17.0. The second kappa shape index (κ2) is 11.1. The van der Waals surface area contributed by atoms with E-state index in [4.69, 9.17) is 4.74 Å². The lowest BCUT2D eigenvalue weighted by Crippen LogP contribution is -2.22. The van der Waals surface area contributed by atoms with E-state index in [9.17, 15) is 9.59 Å². The molecule has 3 aromatic carbocycles. The lowest BCUT2D eigenvalue weighted by atomic mass is 10.1. The van der Waals surface area contributed by atoms with Gasteiger partial charge in [-0.05, 0) is 79.4 Å². The Morgan fingerprint density at radius 2 is 1.54 bits per heavy atom. The van der Waals surface area contributed by atoms with Crippen LogP contribution < -0.4 is 15.4 Å². The molecule has 1 heterocycles. The number of anilines is 2. The van der Waals surface area contributed by atoms with Crippen LogP contribution in [0.1, 0.15) is 32.6 Å². The van der Waals surface area contributed by atoms with Gasteiger partial charge in [0.05, 0.1) is 5.56 Å². The zero-order valence-corrected chi connectivity index (χ0v) is 19.7. The predicted molar refractivity (Wildman–Crippen MR) is 138 cm³/mol. The summed E-state index contributed by atoms with van der Waals surface area (Å²) in [7, 11) is 0. The zero-order valence-electron chi connectivity index (χ0n) is 19.7. The normalized spacial score (nSPS) is 10.5. The third-order valence-electron chi connectivity index (χ3n) is 5.52. The fourth-order valence-corrected chi connectivity index (χ4v) is 3.70. The molecule has 4 aromatic rings.